The van der Waals surface area contributed by atoms with E-state index in [1.54, 1.807) is 0 Å². The van der Waals surface area contributed by atoms with Gasteiger partial charge in [0.15, 0.2) is 0 Å². The highest BCUT2D eigenvalue weighted by atomic mass is 14.7. The number of para-hydroxylation sites is 1. The fourth-order valence-electron chi connectivity index (χ4n) is 7.59. The smallest absolute Gasteiger partial charge is 0.0716 e. The van der Waals surface area contributed by atoms with E-state index in [1.165, 1.54) is 61.2 Å². The van der Waals surface area contributed by atoms with Gasteiger partial charge in [-0.2, -0.15) is 0 Å². The summed E-state index contributed by atoms with van der Waals surface area (Å²) in [5.74, 6) is 0.396. The van der Waals surface area contributed by atoms with Crippen LogP contribution in [0.3, 0.4) is 0 Å². The van der Waals surface area contributed by atoms with Crippen LogP contribution in [0.1, 0.15) is 23.5 Å². The zero-order chi connectivity index (χ0) is 34.7. The van der Waals surface area contributed by atoms with Gasteiger partial charge in [-0.25, -0.2) is 4.98 Å². The van der Waals surface area contributed by atoms with Gasteiger partial charge in [0.25, 0.3) is 0 Å². The number of allylic oxidation sites excluding steroid dienone is 4. The highest BCUT2D eigenvalue weighted by Gasteiger charge is 2.16. The summed E-state index contributed by atoms with van der Waals surface area (Å²) < 4.78 is 0. The van der Waals surface area contributed by atoms with E-state index < -0.39 is 0 Å². The van der Waals surface area contributed by atoms with E-state index in [-0.39, 0.29) is 0 Å². The van der Waals surface area contributed by atoms with Crippen LogP contribution < -0.4 is 0 Å². The second-order valence-corrected chi connectivity index (χ2v) is 13.5. The maximum atomic E-state index is 5.20. The summed E-state index contributed by atoms with van der Waals surface area (Å²) >= 11 is 0. The van der Waals surface area contributed by atoms with E-state index in [0.29, 0.717) is 5.92 Å². The average Bonchev–Trinajstić information content (AvgIpc) is 3.24. The molecule has 0 saturated heterocycles. The Kier molecular flexibility index (Phi) is 8.44. The molecule has 1 aliphatic rings. The molecular formula is C51H37N. The Morgan fingerprint density at radius 3 is 1.67 bits per heavy atom. The molecule has 7 aromatic carbocycles. The predicted molar refractivity (Wildman–Crippen MR) is 220 cm³/mol. The third kappa shape index (κ3) is 6.30. The third-order valence-corrected chi connectivity index (χ3v) is 10.2. The van der Waals surface area contributed by atoms with Crippen molar-refractivity contribution in [3.63, 3.8) is 0 Å². The summed E-state index contributed by atoms with van der Waals surface area (Å²) in [4.78, 5) is 5.20. The Bertz CT molecular complexity index is 2590. The normalized spacial score (nSPS) is 13.9. The van der Waals surface area contributed by atoms with E-state index >= 15 is 0 Å². The van der Waals surface area contributed by atoms with Gasteiger partial charge < -0.3 is 0 Å². The van der Waals surface area contributed by atoms with E-state index in [0.717, 1.165) is 28.6 Å². The summed E-state index contributed by atoms with van der Waals surface area (Å²) in [6.45, 7) is 0. The molecule has 1 heteroatoms. The monoisotopic (exact) mass is 663 g/mol. The molecule has 0 N–H and O–H groups in total. The van der Waals surface area contributed by atoms with Crippen molar-refractivity contribution < 1.29 is 0 Å². The van der Waals surface area contributed by atoms with Crippen molar-refractivity contribution in [3.05, 3.63) is 217 Å². The van der Waals surface area contributed by atoms with E-state index in [4.69, 9.17) is 4.98 Å². The number of pyridine rings is 1. The van der Waals surface area contributed by atoms with Crippen molar-refractivity contribution in [2.24, 2.45) is 0 Å². The molecule has 0 amide bonds. The minimum Gasteiger partial charge on any atom is -0.248 e. The molecule has 0 radical (unpaired) electrons. The van der Waals surface area contributed by atoms with Gasteiger partial charge in [0.1, 0.15) is 0 Å². The molecule has 0 fully saturated rings. The molecule has 246 valence electrons. The Balaban J connectivity index is 1.06. The van der Waals surface area contributed by atoms with Crippen LogP contribution in [0.15, 0.2) is 206 Å². The number of fused-ring (bicyclic) bond motifs is 1. The molecule has 1 nitrogen and oxygen atoms in total. The van der Waals surface area contributed by atoms with Crippen LogP contribution in [0.4, 0.5) is 0 Å². The van der Waals surface area contributed by atoms with Crippen LogP contribution in [-0.4, -0.2) is 4.98 Å². The molecule has 0 aliphatic heterocycles. The first kappa shape index (κ1) is 31.4. The van der Waals surface area contributed by atoms with E-state index in [1.807, 2.05) is 0 Å². The maximum Gasteiger partial charge on any atom is 0.0716 e. The van der Waals surface area contributed by atoms with Crippen LogP contribution in [-0.2, 0) is 0 Å². The van der Waals surface area contributed by atoms with Gasteiger partial charge >= 0.3 is 0 Å². The van der Waals surface area contributed by atoms with Crippen molar-refractivity contribution >= 4 is 16.5 Å². The SMILES string of the molecule is C1=CC(c2ccccc2)CC(c2cccc(-c3cccc(-c4cccc(-c5cc(-c6ccccc6-c6ccccc6)c6ccccc6n5)c4)c3)c2)=C1. The average molecular weight is 664 g/mol. The zero-order valence-electron chi connectivity index (χ0n) is 28.9. The number of rotatable bonds is 7. The van der Waals surface area contributed by atoms with Gasteiger partial charge in [0.2, 0.25) is 0 Å². The molecular weight excluding hydrogens is 627 g/mol. The second kappa shape index (κ2) is 14.0. The summed E-state index contributed by atoms with van der Waals surface area (Å²) in [5.41, 5.74) is 16.7. The van der Waals surface area contributed by atoms with Crippen molar-refractivity contribution in [1.29, 1.82) is 0 Å². The molecule has 1 heterocycles. The molecule has 0 bridgehead atoms. The van der Waals surface area contributed by atoms with Crippen LogP contribution in [0.25, 0.3) is 72.2 Å². The van der Waals surface area contributed by atoms with Crippen molar-refractivity contribution in [2.45, 2.75) is 12.3 Å². The summed E-state index contributed by atoms with van der Waals surface area (Å²) in [5, 5.41) is 1.15. The highest BCUT2D eigenvalue weighted by Crippen LogP contribution is 2.39. The fourth-order valence-corrected chi connectivity index (χ4v) is 7.59. The zero-order valence-corrected chi connectivity index (χ0v) is 28.9. The lowest BCUT2D eigenvalue weighted by atomic mass is 9.85. The lowest BCUT2D eigenvalue weighted by molar-refractivity contribution is 0.867. The molecule has 1 unspecified atom stereocenters. The van der Waals surface area contributed by atoms with Gasteiger partial charge in [-0.15, -0.1) is 0 Å². The molecule has 1 atom stereocenters. The van der Waals surface area contributed by atoms with Gasteiger partial charge in [0, 0.05) is 16.9 Å². The van der Waals surface area contributed by atoms with Crippen LogP contribution >= 0.6 is 0 Å². The molecule has 0 saturated carbocycles. The van der Waals surface area contributed by atoms with Gasteiger partial charge in [-0.05, 0) is 98.0 Å². The Morgan fingerprint density at radius 1 is 0.404 bits per heavy atom. The molecule has 1 aliphatic carbocycles. The van der Waals surface area contributed by atoms with Crippen LogP contribution in [0.5, 0.6) is 0 Å². The Morgan fingerprint density at radius 2 is 0.942 bits per heavy atom. The number of hydrogen-bond acceptors (Lipinski definition) is 1. The highest BCUT2D eigenvalue weighted by molar-refractivity contribution is 6.00. The maximum absolute atomic E-state index is 5.20. The lowest BCUT2D eigenvalue weighted by Gasteiger charge is -2.20. The predicted octanol–water partition coefficient (Wildman–Crippen LogP) is 13.7. The van der Waals surface area contributed by atoms with Crippen molar-refractivity contribution in [3.8, 4) is 55.8 Å². The summed E-state index contributed by atoms with van der Waals surface area (Å²) in [7, 11) is 0. The largest absolute Gasteiger partial charge is 0.248 e. The van der Waals surface area contributed by atoms with E-state index in [2.05, 4.69) is 206 Å². The summed E-state index contributed by atoms with van der Waals surface area (Å²) in [6.07, 6.45) is 7.80. The lowest BCUT2D eigenvalue weighted by Crippen LogP contribution is -2.00. The van der Waals surface area contributed by atoms with Gasteiger partial charge in [-0.1, -0.05) is 176 Å². The van der Waals surface area contributed by atoms with E-state index in [9.17, 15) is 0 Å². The topological polar surface area (TPSA) is 12.9 Å². The number of aromatic nitrogens is 1. The first-order valence-electron chi connectivity index (χ1n) is 18.1. The molecule has 9 rings (SSSR count). The number of nitrogens with zero attached hydrogens (tertiary/aromatic N) is 1. The number of hydrogen-bond donors (Lipinski definition) is 0. The fraction of sp³-hybridized carbons (Fsp3) is 0.0392. The van der Waals surface area contributed by atoms with Crippen LogP contribution in [0.2, 0.25) is 0 Å². The molecule has 8 aromatic rings. The second-order valence-electron chi connectivity index (χ2n) is 13.5. The molecule has 0 spiro atoms. The minimum atomic E-state index is 0.396. The molecule has 52 heavy (non-hydrogen) atoms. The summed E-state index contributed by atoms with van der Waals surface area (Å²) in [6, 6.07) is 67.6. The van der Waals surface area contributed by atoms with Crippen molar-refractivity contribution in [2.75, 3.05) is 0 Å². The first-order valence-corrected chi connectivity index (χ1v) is 18.1. The van der Waals surface area contributed by atoms with Crippen LogP contribution in [0, 0.1) is 0 Å². The Labute approximate surface area is 305 Å². The minimum absolute atomic E-state index is 0.396. The van der Waals surface area contributed by atoms with Gasteiger partial charge in [0.05, 0.1) is 11.2 Å². The van der Waals surface area contributed by atoms with Crippen molar-refractivity contribution in [1.82, 2.24) is 4.98 Å². The van der Waals surface area contributed by atoms with Gasteiger partial charge in [-0.3, -0.25) is 0 Å². The number of benzene rings is 7. The standard InChI is InChI=1S/C51H37N/c1-3-15-36(16-4-1)38-19-11-20-39(31-38)40-21-12-22-41(32-40)42-23-13-24-43(33-42)44-25-14-26-45(34-44)51-35-49(48-29-9-10-30-50(48)52-51)47-28-8-7-27-46(47)37-17-5-2-6-18-37/h1-30,32-35,38H,31H2. The quantitative estimate of drug-likeness (QED) is 0.165. The Hall–Kier alpha value is -6.57. The third-order valence-electron chi connectivity index (χ3n) is 10.2. The first-order chi connectivity index (χ1) is 25.8. The molecule has 1 aromatic heterocycles.